The minimum absolute atomic E-state index is 0.123. The summed E-state index contributed by atoms with van der Waals surface area (Å²) >= 11 is 0. The van der Waals surface area contributed by atoms with Crippen LogP contribution >= 0.6 is 0 Å². The van der Waals surface area contributed by atoms with Gasteiger partial charge in [0.2, 0.25) is 0 Å². The summed E-state index contributed by atoms with van der Waals surface area (Å²) < 4.78 is 0. The van der Waals surface area contributed by atoms with E-state index >= 15 is 0 Å². The lowest BCUT2D eigenvalue weighted by Gasteiger charge is -2.39. The standard InChI is InChI=1S/C14H21NO/c1-2-15-14(9-10-16)8-7-12-5-3-4-6-13(12)11-14/h3-6,15-16H,2,7-11H2,1H3. The summed E-state index contributed by atoms with van der Waals surface area (Å²) in [6.07, 6.45) is 4.17. The van der Waals surface area contributed by atoms with Crippen LogP contribution in [0.4, 0.5) is 0 Å². The maximum absolute atomic E-state index is 9.22. The number of likely N-dealkylation sites (N-methyl/N-ethyl adjacent to an activating group) is 1. The van der Waals surface area contributed by atoms with Crippen molar-refractivity contribution in [3.8, 4) is 0 Å². The summed E-state index contributed by atoms with van der Waals surface area (Å²) in [6.45, 7) is 3.39. The molecule has 1 aromatic carbocycles. The quantitative estimate of drug-likeness (QED) is 0.810. The Labute approximate surface area is 97.7 Å². The fraction of sp³-hybridized carbons (Fsp3) is 0.571. The Balaban J connectivity index is 2.20. The second-order valence-corrected chi connectivity index (χ2v) is 4.73. The molecule has 0 fully saturated rings. The molecule has 16 heavy (non-hydrogen) atoms. The molecule has 0 radical (unpaired) electrons. The van der Waals surface area contributed by atoms with Crippen molar-refractivity contribution in [3.05, 3.63) is 35.4 Å². The highest BCUT2D eigenvalue weighted by Gasteiger charge is 2.32. The van der Waals surface area contributed by atoms with Crippen molar-refractivity contribution in [1.82, 2.24) is 5.32 Å². The zero-order valence-electron chi connectivity index (χ0n) is 10.00. The second-order valence-electron chi connectivity index (χ2n) is 4.73. The fourth-order valence-corrected chi connectivity index (χ4v) is 2.84. The highest BCUT2D eigenvalue weighted by atomic mass is 16.3. The average Bonchev–Trinajstić information content (AvgIpc) is 2.30. The molecular weight excluding hydrogens is 198 g/mol. The third-order valence-corrected chi connectivity index (χ3v) is 3.66. The van der Waals surface area contributed by atoms with Crippen LogP contribution < -0.4 is 5.32 Å². The third kappa shape index (κ3) is 2.28. The van der Waals surface area contributed by atoms with Gasteiger partial charge in [-0.15, -0.1) is 0 Å². The summed E-state index contributed by atoms with van der Waals surface area (Å²) in [5, 5.41) is 12.8. The van der Waals surface area contributed by atoms with Crippen molar-refractivity contribution in [1.29, 1.82) is 0 Å². The molecule has 0 saturated heterocycles. The van der Waals surface area contributed by atoms with Crippen LogP contribution in [0.2, 0.25) is 0 Å². The Hall–Kier alpha value is -0.860. The fourth-order valence-electron chi connectivity index (χ4n) is 2.84. The molecule has 0 bridgehead atoms. The molecule has 1 atom stereocenters. The van der Waals surface area contributed by atoms with E-state index in [0.717, 1.165) is 32.2 Å². The van der Waals surface area contributed by atoms with Gasteiger partial charge < -0.3 is 10.4 Å². The van der Waals surface area contributed by atoms with Gasteiger partial charge in [0.15, 0.2) is 0 Å². The molecule has 0 aromatic heterocycles. The van der Waals surface area contributed by atoms with Crippen molar-refractivity contribution >= 4 is 0 Å². The van der Waals surface area contributed by atoms with Crippen LogP contribution in [0.25, 0.3) is 0 Å². The monoisotopic (exact) mass is 219 g/mol. The maximum atomic E-state index is 9.22. The molecule has 1 aromatic rings. The molecule has 2 heteroatoms. The Morgan fingerprint density at radius 1 is 1.31 bits per heavy atom. The summed E-state index contributed by atoms with van der Waals surface area (Å²) in [7, 11) is 0. The number of aliphatic hydroxyl groups excluding tert-OH is 1. The van der Waals surface area contributed by atoms with E-state index in [0.29, 0.717) is 0 Å². The number of benzene rings is 1. The van der Waals surface area contributed by atoms with Crippen LogP contribution in [0.3, 0.4) is 0 Å². The number of hydrogen-bond donors (Lipinski definition) is 2. The van der Waals surface area contributed by atoms with Crippen molar-refractivity contribution in [2.24, 2.45) is 0 Å². The van der Waals surface area contributed by atoms with Crippen LogP contribution in [0.1, 0.15) is 30.9 Å². The van der Waals surface area contributed by atoms with E-state index in [-0.39, 0.29) is 12.1 Å². The molecule has 0 spiro atoms. The van der Waals surface area contributed by atoms with Gasteiger partial charge in [0, 0.05) is 12.1 Å². The molecule has 0 saturated carbocycles. The first-order valence-corrected chi connectivity index (χ1v) is 6.22. The van der Waals surface area contributed by atoms with Crippen molar-refractivity contribution in [2.75, 3.05) is 13.2 Å². The molecular formula is C14H21NO. The van der Waals surface area contributed by atoms with Gasteiger partial charge in [-0.1, -0.05) is 31.2 Å². The number of aryl methyl sites for hydroxylation is 1. The topological polar surface area (TPSA) is 32.3 Å². The molecule has 0 aliphatic heterocycles. The lowest BCUT2D eigenvalue weighted by atomic mass is 9.76. The SMILES string of the molecule is CCNC1(CCO)CCc2ccccc2C1. The normalized spacial score (nSPS) is 24.1. The van der Waals surface area contributed by atoms with Gasteiger partial charge in [0.05, 0.1) is 0 Å². The maximum Gasteiger partial charge on any atom is 0.0448 e. The van der Waals surface area contributed by atoms with E-state index in [9.17, 15) is 5.11 Å². The highest BCUT2D eigenvalue weighted by Crippen LogP contribution is 2.30. The van der Waals surface area contributed by atoms with Crippen LogP contribution in [0, 0.1) is 0 Å². The molecule has 2 nitrogen and oxygen atoms in total. The number of aliphatic hydroxyl groups is 1. The predicted octanol–water partition coefficient (Wildman–Crippen LogP) is 1.91. The number of hydrogen-bond acceptors (Lipinski definition) is 2. The van der Waals surface area contributed by atoms with Gasteiger partial charge in [-0.05, 0) is 43.4 Å². The molecule has 2 N–H and O–H groups in total. The van der Waals surface area contributed by atoms with E-state index < -0.39 is 0 Å². The first-order valence-electron chi connectivity index (χ1n) is 6.22. The molecule has 1 aliphatic carbocycles. The third-order valence-electron chi connectivity index (χ3n) is 3.66. The van der Waals surface area contributed by atoms with E-state index in [1.807, 2.05) is 0 Å². The number of rotatable bonds is 4. The van der Waals surface area contributed by atoms with E-state index in [1.165, 1.54) is 11.1 Å². The van der Waals surface area contributed by atoms with Crippen LogP contribution in [0.15, 0.2) is 24.3 Å². The Kier molecular flexibility index (Phi) is 3.62. The summed E-state index contributed by atoms with van der Waals surface area (Å²) in [5.41, 5.74) is 3.05. The van der Waals surface area contributed by atoms with Crippen molar-refractivity contribution < 1.29 is 5.11 Å². The van der Waals surface area contributed by atoms with Crippen LogP contribution in [0.5, 0.6) is 0 Å². The van der Waals surface area contributed by atoms with Crippen LogP contribution in [-0.2, 0) is 12.8 Å². The summed E-state index contributed by atoms with van der Waals surface area (Å²) in [5.74, 6) is 0. The largest absolute Gasteiger partial charge is 0.396 e. The Morgan fingerprint density at radius 3 is 2.75 bits per heavy atom. The Morgan fingerprint density at radius 2 is 2.06 bits per heavy atom. The van der Waals surface area contributed by atoms with E-state index in [2.05, 4.69) is 36.5 Å². The van der Waals surface area contributed by atoms with Gasteiger partial charge in [-0.3, -0.25) is 0 Å². The molecule has 0 amide bonds. The number of nitrogens with one attached hydrogen (secondary N) is 1. The van der Waals surface area contributed by atoms with Crippen LogP contribution in [-0.4, -0.2) is 23.8 Å². The Bertz CT molecular complexity index is 342. The molecule has 0 heterocycles. The van der Waals surface area contributed by atoms with Crippen molar-refractivity contribution in [2.45, 2.75) is 38.1 Å². The molecule has 2 rings (SSSR count). The van der Waals surface area contributed by atoms with Gasteiger partial charge >= 0.3 is 0 Å². The zero-order valence-corrected chi connectivity index (χ0v) is 10.00. The van der Waals surface area contributed by atoms with Gasteiger partial charge in [0.1, 0.15) is 0 Å². The average molecular weight is 219 g/mol. The van der Waals surface area contributed by atoms with Crippen molar-refractivity contribution in [3.63, 3.8) is 0 Å². The first-order chi connectivity index (χ1) is 7.79. The highest BCUT2D eigenvalue weighted by molar-refractivity contribution is 5.32. The lowest BCUT2D eigenvalue weighted by Crippen LogP contribution is -2.50. The minimum Gasteiger partial charge on any atom is -0.396 e. The minimum atomic E-state index is 0.123. The van der Waals surface area contributed by atoms with Gasteiger partial charge in [-0.25, -0.2) is 0 Å². The first kappa shape index (κ1) is 11.6. The van der Waals surface area contributed by atoms with E-state index in [4.69, 9.17) is 0 Å². The lowest BCUT2D eigenvalue weighted by molar-refractivity contribution is 0.194. The smallest absolute Gasteiger partial charge is 0.0448 e. The zero-order chi connectivity index (χ0) is 11.4. The molecule has 1 aliphatic rings. The second kappa shape index (κ2) is 4.98. The summed E-state index contributed by atoms with van der Waals surface area (Å²) in [6, 6.07) is 8.67. The molecule has 1 unspecified atom stereocenters. The summed E-state index contributed by atoms with van der Waals surface area (Å²) in [4.78, 5) is 0. The predicted molar refractivity (Wildman–Crippen MR) is 66.6 cm³/mol. The molecule has 88 valence electrons. The van der Waals surface area contributed by atoms with E-state index in [1.54, 1.807) is 0 Å². The van der Waals surface area contributed by atoms with Gasteiger partial charge in [-0.2, -0.15) is 0 Å². The number of fused-ring (bicyclic) bond motifs is 1. The van der Waals surface area contributed by atoms with Gasteiger partial charge in [0.25, 0.3) is 0 Å².